The van der Waals surface area contributed by atoms with Gasteiger partial charge in [-0.25, -0.2) is 0 Å². The van der Waals surface area contributed by atoms with Crippen molar-refractivity contribution >= 4 is 35.2 Å². The van der Waals surface area contributed by atoms with Crippen LogP contribution in [0.1, 0.15) is 51.0 Å². The molecule has 0 atom stereocenters. The monoisotopic (exact) mass is 318 g/mol. The summed E-state index contributed by atoms with van der Waals surface area (Å²) >= 11 is 1.81. The van der Waals surface area contributed by atoms with Gasteiger partial charge < -0.3 is 0 Å². The first-order valence-corrected chi connectivity index (χ1v) is 6.39. The minimum atomic E-state index is 0. The minimum absolute atomic E-state index is 0. The first kappa shape index (κ1) is 14.5. The van der Waals surface area contributed by atoms with Crippen LogP contribution in [0.5, 0.6) is 0 Å². The molecule has 1 aromatic rings. The summed E-state index contributed by atoms with van der Waals surface area (Å²) in [6, 6.07) is 2.25. The summed E-state index contributed by atoms with van der Waals surface area (Å²) in [7, 11) is 0. The molecule has 0 nitrogen and oxygen atoms in total. The average molecular weight is 317 g/mol. The van der Waals surface area contributed by atoms with Gasteiger partial charge in [-0.2, -0.15) is 11.3 Å². The van der Waals surface area contributed by atoms with Crippen molar-refractivity contribution in [1.29, 1.82) is 0 Å². The van der Waals surface area contributed by atoms with Gasteiger partial charge in [0.05, 0.1) is 0 Å². The first-order chi connectivity index (χ1) is 6.43. The molecule has 1 rings (SSSR count). The van der Waals surface area contributed by atoms with Crippen LogP contribution in [0.25, 0.3) is 0 Å². The third-order valence-corrected chi connectivity index (χ3v) is 3.13. The van der Waals surface area contributed by atoms with Crippen molar-refractivity contribution in [3.05, 3.63) is 22.4 Å². The molecule has 80 valence electrons. The summed E-state index contributed by atoms with van der Waals surface area (Å²) in [6.45, 7) is 2.27. The Balaban J connectivity index is 0.00000169. The van der Waals surface area contributed by atoms with E-state index >= 15 is 0 Å². The molecule has 0 bridgehead atoms. The molecule has 2 radical (unpaired) electrons. The number of thiophene rings is 1. The maximum atomic E-state index is 2.27. The van der Waals surface area contributed by atoms with Gasteiger partial charge in [0.2, 0.25) is 0 Å². The van der Waals surface area contributed by atoms with Crippen LogP contribution in [0.3, 0.4) is 0 Å². The molecular formula is C12H22SSn. The van der Waals surface area contributed by atoms with Crippen LogP contribution < -0.4 is 0 Å². The number of hydrogen-bond acceptors (Lipinski definition) is 1. The Morgan fingerprint density at radius 3 is 2.43 bits per heavy atom. The Morgan fingerprint density at radius 2 is 1.79 bits per heavy atom. The second-order valence-electron chi connectivity index (χ2n) is 3.65. The van der Waals surface area contributed by atoms with Crippen LogP contribution >= 0.6 is 11.3 Å². The van der Waals surface area contributed by atoms with Crippen LogP contribution in [0.4, 0.5) is 0 Å². The average Bonchev–Trinajstić information content (AvgIpc) is 2.63. The van der Waals surface area contributed by atoms with Gasteiger partial charge in [0.15, 0.2) is 0 Å². The second kappa shape index (κ2) is 10.0. The van der Waals surface area contributed by atoms with Crippen molar-refractivity contribution in [3.8, 4) is 0 Å². The Bertz CT molecular complexity index is 194. The molecule has 0 fully saturated rings. The van der Waals surface area contributed by atoms with Crippen molar-refractivity contribution in [2.45, 2.75) is 51.9 Å². The van der Waals surface area contributed by atoms with Crippen molar-refractivity contribution in [2.75, 3.05) is 0 Å². The molecule has 0 saturated carbocycles. The molecule has 0 aromatic carbocycles. The van der Waals surface area contributed by atoms with Gasteiger partial charge in [0.25, 0.3) is 0 Å². The van der Waals surface area contributed by atoms with E-state index in [2.05, 4.69) is 23.8 Å². The Morgan fingerprint density at radius 1 is 1.07 bits per heavy atom. The molecule has 0 saturated heterocycles. The standard InChI is InChI=1S/C12H20S.Sn.2H/c1-2-3-4-5-6-7-8-12-9-10-13-11-12;;;/h9-11H,2-8H2,1H3;;;. The summed E-state index contributed by atoms with van der Waals surface area (Å²) in [5, 5.41) is 4.44. The van der Waals surface area contributed by atoms with E-state index in [0.29, 0.717) is 0 Å². The van der Waals surface area contributed by atoms with E-state index in [1.165, 1.54) is 50.5 Å². The molecule has 0 amide bonds. The van der Waals surface area contributed by atoms with Crippen LogP contribution in [0.15, 0.2) is 16.8 Å². The number of unbranched alkanes of at least 4 members (excludes halogenated alkanes) is 5. The molecule has 0 unspecified atom stereocenters. The SMILES string of the molecule is CCCCCCCCc1ccsc1.[SnH2]. The molecule has 14 heavy (non-hydrogen) atoms. The number of hydrogen-bond donors (Lipinski definition) is 0. The summed E-state index contributed by atoms with van der Waals surface area (Å²) in [6.07, 6.45) is 9.70. The quantitative estimate of drug-likeness (QED) is 0.531. The van der Waals surface area contributed by atoms with E-state index in [1.807, 2.05) is 11.3 Å². The Hall–Kier alpha value is 0.499. The van der Waals surface area contributed by atoms with Crippen molar-refractivity contribution in [1.82, 2.24) is 0 Å². The Kier molecular flexibility index (Phi) is 10.4. The van der Waals surface area contributed by atoms with Crippen molar-refractivity contribution in [2.24, 2.45) is 0 Å². The van der Waals surface area contributed by atoms with E-state index < -0.39 is 0 Å². The molecule has 2 heteroatoms. The van der Waals surface area contributed by atoms with Gasteiger partial charge >= 0.3 is 23.9 Å². The molecule has 0 aliphatic heterocycles. The number of rotatable bonds is 7. The van der Waals surface area contributed by atoms with E-state index in [4.69, 9.17) is 0 Å². The summed E-state index contributed by atoms with van der Waals surface area (Å²) in [5.74, 6) is 0. The number of aryl methyl sites for hydroxylation is 1. The molecule has 1 heterocycles. The molecule has 0 N–H and O–H groups in total. The fourth-order valence-electron chi connectivity index (χ4n) is 1.54. The van der Waals surface area contributed by atoms with Gasteiger partial charge in [0, 0.05) is 0 Å². The van der Waals surface area contributed by atoms with Gasteiger partial charge in [0.1, 0.15) is 0 Å². The zero-order valence-corrected chi connectivity index (χ0v) is 14.1. The van der Waals surface area contributed by atoms with Gasteiger partial charge in [-0.15, -0.1) is 0 Å². The third kappa shape index (κ3) is 6.88. The topological polar surface area (TPSA) is 0 Å². The third-order valence-electron chi connectivity index (χ3n) is 2.40. The van der Waals surface area contributed by atoms with E-state index in [9.17, 15) is 0 Å². The molecule has 0 aliphatic carbocycles. The summed E-state index contributed by atoms with van der Waals surface area (Å²) < 4.78 is 0. The Labute approximate surface area is 109 Å². The van der Waals surface area contributed by atoms with Gasteiger partial charge in [-0.05, 0) is 35.2 Å². The first-order valence-electron chi connectivity index (χ1n) is 5.44. The van der Waals surface area contributed by atoms with Crippen molar-refractivity contribution in [3.63, 3.8) is 0 Å². The fraction of sp³-hybridized carbons (Fsp3) is 0.667. The normalized spacial score (nSPS) is 9.79. The summed E-state index contributed by atoms with van der Waals surface area (Å²) in [5.41, 5.74) is 1.53. The molecule has 1 aromatic heterocycles. The van der Waals surface area contributed by atoms with E-state index in [1.54, 1.807) is 0 Å². The van der Waals surface area contributed by atoms with Gasteiger partial charge in [-0.3, -0.25) is 0 Å². The van der Waals surface area contributed by atoms with Gasteiger partial charge in [-0.1, -0.05) is 39.0 Å². The van der Waals surface area contributed by atoms with Crippen LogP contribution in [-0.4, -0.2) is 23.9 Å². The van der Waals surface area contributed by atoms with Crippen LogP contribution in [-0.2, 0) is 6.42 Å². The molecule has 0 spiro atoms. The predicted molar refractivity (Wildman–Crippen MR) is 69.9 cm³/mol. The van der Waals surface area contributed by atoms with E-state index in [0.717, 1.165) is 0 Å². The van der Waals surface area contributed by atoms with Crippen molar-refractivity contribution < 1.29 is 0 Å². The second-order valence-corrected chi connectivity index (χ2v) is 4.43. The maximum absolute atomic E-state index is 2.27. The summed E-state index contributed by atoms with van der Waals surface area (Å²) in [4.78, 5) is 0. The fourth-order valence-corrected chi connectivity index (χ4v) is 2.25. The zero-order valence-electron chi connectivity index (χ0n) is 9.30. The molecule has 0 aliphatic rings. The zero-order chi connectivity index (χ0) is 9.36. The van der Waals surface area contributed by atoms with E-state index in [-0.39, 0.29) is 23.9 Å². The molecular weight excluding hydrogens is 295 g/mol. The van der Waals surface area contributed by atoms with Crippen LogP contribution in [0, 0.1) is 0 Å². The predicted octanol–water partition coefficient (Wildman–Crippen LogP) is 3.73. The van der Waals surface area contributed by atoms with Crippen LogP contribution in [0.2, 0.25) is 0 Å².